The number of carbonyl (C=O) groups excluding carboxylic acids is 2. The van der Waals surface area contributed by atoms with Gasteiger partial charge in [0.1, 0.15) is 12.4 Å². The van der Waals surface area contributed by atoms with E-state index in [0.29, 0.717) is 6.61 Å². The van der Waals surface area contributed by atoms with E-state index in [-0.39, 0.29) is 31.4 Å². The van der Waals surface area contributed by atoms with Crippen LogP contribution in [0.1, 0.15) is 90.0 Å². The lowest BCUT2D eigenvalue weighted by molar-refractivity contribution is -0.148. The number of ether oxygens (including phenoxy) is 3. The molecule has 0 N–H and O–H groups in total. The van der Waals surface area contributed by atoms with Crippen LogP contribution in [-0.2, 0) is 25.5 Å². The highest BCUT2D eigenvalue weighted by Crippen LogP contribution is 2.15. The van der Waals surface area contributed by atoms with Crippen molar-refractivity contribution in [3.05, 3.63) is 29.8 Å². The molecule has 0 saturated carbocycles. The van der Waals surface area contributed by atoms with E-state index in [1.54, 1.807) is 6.92 Å². The standard InChI is InChI=1S/C25H40O5/c1-3-5-6-7-8-9-10-11-12-13-19-29-23-16-14-22(15-17-23)21-25(27)30-20-18-24(26)28-4-2/h14-17H,3-13,18-21H2,1-2H3. The monoisotopic (exact) mass is 420 g/mol. The Labute approximate surface area is 182 Å². The van der Waals surface area contributed by atoms with Crippen LogP contribution >= 0.6 is 0 Å². The Morgan fingerprint density at radius 1 is 0.700 bits per heavy atom. The Bertz CT molecular complexity index is 567. The predicted molar refractivity (Wildman–Crippen MR) is 120 cm³/mol. The fraction of sp³-hybridized carbons (Fsp3) is 0.680. The molecule has 0 amide bonds. The molecular formula is C25H40O5. The Morgan fingerprint density at radius 3 is 1.90 bits per heavy atom. The van der Waals surface area contributed by atoms with Crippen LogP contribution in [0.2, 0.25) is 0 Å². The molecule has 1 rings (SSSR count). The fourth-order valence-electron chi connectivity index (χ4n) is 3.18. The maximum absolute atomic E-state index is 11.8. The summed E-state index contributed by atoms with van der Waals surface area (Å²) in [6.07, 6.45) is 13.4. The molecular weight excluding hydrogens is 380 g/mol. The zero-order valence-electron chi connectivity index (χ0n) is 19.0. The van der Waals surface area contributed by atoms with Gasteiger partial charge in [0.2, 0.25) is 0 Å². The van der Waals surface area contributed by atoms with Crippen molar-refractivity contribution in [1.82, 2.24) is 0 Å². The van der Waals surface area contributed by atoms with Gasteiger partial charge in [0, 0.05) is 0 Å². The molecule has 0 fully saturated rings. The van der Waals surface area contributed by atoms with Crippen LogP contribution in [0.25, 0.3) is 0 Å². The third-order valence-electron chi connectivity index (χ3n) is 4.91. The molecule has 0 aliphatic rings. The summed E-state index contributed by atoms with van der Waals surface area (Å²) < 4.78 is 15.6. The van der Waals surface area contributed by atoms with E-state index in [2.05, 4.69) is 6.92 Å². The van der Waals surface area contributed by atoms with Crippen molar-refractivity contribution in [2.24, 2.45) is 0 Å². The Balaban J connectivity index is 2.05. The molecule has 0 aliphatic heterocycles. The van der Waals surface area contributed by atoms with E-state index in [1.807, 2.05) is 24.3 Å². The average Bonchev–Trinajstić information content (AvgIpc) is 2.73. The lowest BCUT2D eigenvalue weighted by atomic mass is 10.1. The topological polar surface area (TPSA) is 61.8 Å². The highest BCUT2D eigenvalue weighted by Gasteiger charge is 2.08. The third-order valence-corrected chi connectivity index (χ3v) is 4.91. The molecule has 5 nitrogen and oxygen atoms in total. The molecule has 0 radical (unpaired) electrons. The molecule has 5 heteroatoms. The van der Waals surface area contributed by atoms with Crippen molar-refractivity contribution in [2.45, 2.75) is 90.9 Å². The highest BCUT2D eigenvalue weighted by atomic mass is 16.5. The smallest absolute Gasteiger partial charge is 0.310 e. The molecule has 0 spiro atoms. The number of esters is 2. The minimum absolute atomic E-state index is 0.0533. The first-order valence-electron chi connectivity index (χ1n) is 11.7. The first kappa shape index (κ1) is 26.0. The third kappa shape index (κ3) is 14.0. The molecule has 0 aliphatic carbocycles. The summed E-state index contributed by atoms with van der Waals surface area (Å²) in [5, 5.41) is 0. The van der Waals surface area contributed by atoms with Gasteiger partial charge in [-0.1, -0.05) is 76.8 Å². The van der Waals surface area contributed by atoms with E-state index >= 15 is 0 Å². The van der Waals surface area contributed by atoms with E-state index < -0.39 is 0 Å². The summed E-state index contributed by atoms with van der Waals surface area (Å²) in [7, 11) is 0. The lowest BCUT2D eigenvalue weighted by Gasteiger charge is -2.08. The Morgan fingerprint density at radius 2 is 1.30 bits per heavy atom. The first-order chi connectivity index (χ1) is 14.7. The van der Waals surface area contributed by atoms with E-state index in [4.69, 9.17) is 14.2 Å². The van der Waals surface area contributed by atoms with Crippen LogP contribution in [0, 0.1) is 0 Å². The number of unbranched alkanes of at least 4 members (excludes halogenated alkanes) is 9. The minimum atomic E-state index is -0.353. The van der Waals surface area contributed by atoms with Crippen LogP contribution in [0.4, 0.5) is 0 Å². The normalized spacial score (nSPS) is 10.6. The molecule has 170 valence electrons. The van der Waals surface area contributed by atoms with Gasteiger partial charge in [-0.2, -0.15) is 0 Å². The number of rotatable bonds is 18. The van der Waals surface area contributed by atoms with Crippen molar-refractivity contribution in [2.75, 3.05) is 19.8 Å². The van der Waals surface area contributed by atoms with Gasteiger partial charge in [-0.15, -0.1) is 0 Å². The molecule has 0 bridgehead atoms. The quantitative estimate of drug-likeness (QED) is 0.214. The minimum Gasteiger partial charge on any atom is -0.494 e. The zero-order valence-corrected chi connectivity index (χ0v) is 19.0. The maximum atomic E-state index is 11.8. The fourth-order valence-corrected chi connectivity index (χ4v) is 3.18. The summed E-state index contributed by atoms with van der Waals surface area (Å²) >= 11 is 0. The van der Waals surface area contributed by atoms with Crippen LogP contribution in [0.3, 0.4) is 0 Å². The molecule has 30 heavy (non-hydrogen) atoms. The highest BCUT2D eigenvalue weighted by molar-refractivity contribution is 5.73. The van der Waals surface area contributed by atoms with Gasteiger partial charge in [0.25, 0.3) is 0 Å². The molecule has 0 heterocycles. The molecule has 1 aromatic carbocycles. The van der Waals surface area contributed by atoms with Crippen LogP contribution in [0.15, 0.2) is 24.3 Å². The van der Waals surface area contributed by atoms with Gasteiger partial charge in [-0.05, 0) is 31.0 Å². The Kier molecular flexibility index (Phi) is 15.4. The van der Waals surface area contributed by atoms with Crippen molar-refractivity contribution in [1.29, 1.82) is 0 Å². The largest absolute Gasteiger partial charge is 0.494 e. The number of hydrogen-bond donors (Lipinski definition) is 0. The van der Waals surface area contributed by atoms with E-state index in [0.717, 1.165) is 24.3 Å². The van der Waals surface area contributed by atoms with E-state index in [1.165, 1.54) is 57.8 Å². The average molecular weight is 421 g/mol. The Hall–Kier alpha value is -2.04. The van der Waals surface area contributed by atoms with Gasteiger partial charge in [-0.3, -0.25) is 9.59 Å². The van der Waals surface area contributed by atoms with Gasteiger partial charge < -0.3 is 14.2 Å². The summed E-state index contributed by atoms with van der Waals surface area (Å²) in [6, 6.07) is 7.52. The van der Waals surface area contributed by atoms with Crippen LogP contribution in [-0.4, -0.2) is 31.8 Å². The SMILES string of the molecule is CCCCCCCCCCCCOc1ccc(CC(=O)OCCC(=O)OCC)cc1. The summed E-state index contributed by atoms with van der Waals surface area (Å²) in [6.45, 7) is 5.11. The molecule has 0 aromatic heterocycles. The molecule has 0 atom stereocenters. The van der Waals surface area contributed by atoms with Gasteiger partial charge in [0.05, 0.1) is 26.1 Å². The van der Waals surface area contributed by atoms with Gasteiger partial charge in [-0.25, -0.2) is 0 Å². The second-order valence-corrected chi connectivity index (χ2v) is 7.63. The second kappa shape index (κ2) is 17.8. The maximum Gasteiger partial charge on any atom is 0.310 e. The van der Waals surface area contributed by atoms with Crippen molar-refractivity contribution < 1.29 is 23.8 Å². The van der Waals surface area contributed by atoms with Gasteiger partial charge in [0.15, 0.2) is 0 Å². The van der Waals surface area contributed by atoms with Crippen molar-refractivity contribution >= 4 is 11.9 Å². The first-order valence-corrected chi connectivity index (χ1v) is 11.7. The summed E-state index contributed by atoms with van der Waals surface area (Å²) in [4.78, 5) is 23.0. The number of benzene rings is 1. The predicted octanol–water partition coefficient (Wildman–Crippen LogP) is 6.03. The molecule has 0 saturated heterocycles. The van der Waals surface area contributed by atoms with Gasteiger partial charge >= 0.3 is 11.9 Å². The van der Waals surface area contributed by atoms with Crippen molar-refractivity contribution in [3.63, 3.8) is 0 Å². The molecule has 0 unspecified atom stereocenters. The summed E-state index contributed by atoms with van der Waals surface area (Å²) in [5.41, 5.74) is 0.863. The lowest BCUT2D eigenvalue weighted by Crippen LogP contribution is -2.13. The van der Waals surface area contributed by atoms with Crippen molar-refractivity contribution in [3.8, 4) is 5.75 Å². The van der Waals surface area contributed by atoms with Crippen LogP contribution in [0.5, 0.6) is 5.75 Å². The number of hydrogen-bond acceptors (Lipinski definition) is 5. The molecule has 1 aromatic rings. The summed E-state index contributed by atoms with van der Waals surface area (Å²) in [5.74, 6) is 0.123. The van der Waals surface area contributed by atoms with E-state index in [9.17, 15) is 9.59 Å². The van der Waals surface area contributed by atoms with Crippen LogP contribution < -0.4 is 4.74 Å². The zero-order chi connectivity index (χ0) is 21.9. The number of carbonyl (C=O) groups is 2. The second-order valence-electron chi connectivity index (χ2n) is 7.63.